The molecule has 0 aliphatic heterocycles. The zero-order valence-corrected chi connectivity index (χ0v) is 19.5. The smallest absolute Gasteiger partial charge is 0.337 e. The summed E-state index contributed by atoms with van der Waals surface area (Å²) in [6.07, 6.45) is 4.50. The van der Waals surface area contributed by atoms with Crippen molar-refractivity contribution in [3.05, 3.63) is 103 Å². The average Bonchev–Trinajstić information content (AvgIpc) is 3.22. The van der Waals surface area contributed by atoms with E-state index in [0.717, 1.165) is 30.5 Å². The largest absolute Gasteiger partial charge is 0.465 e. The highest BCUT2D eigenvalue weighted by Gasteiger charge is 2.23. The maximum atomic E-state index is 12.9. The topological polar surface area (TPSA) is 48.3 Å². The Morgan fingerprint density at radius 1 is 1.06 bits per heavy atom. The summed E-state index contributed by atoms with van der Waals surface area (Å²) >= 11 is 12.7. The zero-order chi connectivity index (χ0) is 22.7. The van der Waals surface area contributed by atoms with E-state index in [1.807, 2.05) is 12.1 Å². The van der Waals surface area contributed by atoms with Gasteiger partial charge in [-0.05, 0) is 72.9 Å². The first-order chi connectivity index (χ1) is 15.5. The number of carbonyl (C=O) groups excluding carboxylic acids is 1. The second-order valence-corrected chi connectivity index (χ2v) is 8.97. The number of hydrogen-bond acceptors (Lipinski definition) is 3. The highest BCUT2D eigenvalue weighted by atomic mass is 35.5. The first kappa shape index (κ1) is 22.6. The van der Waals surface area contributed by atoms with Crippen molar-refractivity contribution in [2.75, 3.05) is 7.11 Å². The van der Waals surface area contributed by atoms with E-state index in [4.69, 9.17) is 27.9 Å². The van der Waals surface area contributed by atoms with Gasteiger partial charge in [0.2, 0.25) is 0 Å². The lowest BCUT2D eigenvalue weighted by atomic mass is 9.95. The highest BCUT2D eigenvalue weighted by molar-refractivity contribution is 6.34. The summed E-state index contributed by atoms with van der Waals surface area (Å²) in [5, 5.41) is 0.660. The Kier molecular flexibility index (Phi) is 7.02. The minimum atomic E-state index is -0.370. The van der Waals surface area contributed by atoms with Crippen molar-refractivity contribution in [3.8, 4) is 0 Å². The number of methoxy groups -OCH3 is 1. The summed E-state index contributed by atoms with van der Waals surface area (Å²) in [7, 11) is 1.36. The van der Waals surface area contributed by atoms with Crippen LogP contribution in [0.1, 0.15) is 51.5 Å². The molecule has 0 saturated heterocycles. The normalized spacial score (nSPS) is 14.9. The summed E-state index contributed by atoms with van der Waals surface area (Å²) in [6, 6.07) is 17.4. The fourth-order valence-corrected chi connectivity index (χ4v) is 5.12. The summed E-state index contributed by atoms with van der Waals surface area (Å²) < 4.78 is 6.45. The molecule has 0 N–H and O–H groups in total. The van der Waals surface area contributed by atoms with Crippen LogP contribution < -0.4 is 5.56 Å². The van der Waals surface area contributed by atoms with E-state index in [-0.39, 0.29) is 16.6 Å². The molecule has 0 amide bonds. The van der Waals surface area contributed by atoms with E-state index >= 15 is 0 Å². The number of pyridine rings is 1. The molecule has 1 aliphatic carbocycles. The van der Waals surface area contributed by atoms with Crippen molar-refractivity contribution in [2.24, 2.45) is 0 Å². The average molecular weight is 470 g/mol. The van der Waals surface area contributed by atoms with Gasteiger partial charge in [0.1, 0.15) is 5.02 Å². The van der Waals surface area contributed by atoms with Gasteiger partial charge >= 0.3 is 5.97 Å². The molecule has 1 atom stereocenters. The molecule has 0 bridgehead atoms. The Bertz CT molecular complexity index is 1180. The van der Waals surface area contributed by atoms with Crippen LogP contribution in [0, 0.1) is 0 Å². The number of benzene rings is 2. The first-order valence-electron chi connectivity index (χ1n) is 10.8. The molecule has 32 heavy (non-hydrogen) atoms. The quantitative estimate of drug-likeness (QED) is 0.407. The molecule has 4 nitrogen and oxygen atoms in total. The number of carbonyl (C=O) groups is 1. The lowest BCUT2D eigenvalue weighted by Crippen LogP contribution is -2.25. The lowest BCUT2D eigenvalue weighted by Gasteiger charge is -2.18. The number of aryl methyl sites for hydroxylation is 2. The standard InChI is InChI=1S/C26H25Cl2NO3/c1-32-26(31)20-8-6-17(7-9-20)14-15-29-24(22(27)16-23(28)25(29)30)13-12-19-11-10-18-4-2-3-5-21(18)19/h2-9,16,19H,10-15H2,1H3. The van der Waals surface area contributed by atoms with Crippen LogP contribution in [0.4, 0.5) is 0 Å². The van der Waals surface area contributed by atoms with Crippen molar-refractivity contribution in [1.82, 2.24) is 4.57 Å². The van der Waals surface area contributed by atoms with E-state index < -0.39 is 0 Å². The van der Waals surface area contributed by atoms with Crippen molar-refractivity contribution in [2.45, 2.75) is 44.6 Å². The number of aromatic nitrogens is 1. The van der Waals surface area contributed by atoms with Gasteiger partial charge < -0.3 is 9.30 Å². The van der Waals surface area contributed by atoms with Crippen molar-refractivity contribution in [3.63, 3.8) is 0 Å². The molecule has 0 spiro atoms. The highest BCUT2D eigenvalue weighted by Crippen LogP contribution is 2.36. The molecule has 0 saturated carbocycles. The molecule has 0 fully saturated rings. The van der Waals surface area contributed by atoms with E-state index in [9.17, 15) is 9.59 Å². The third-order valence-corrected chi connectivity index (χ3v) is 6.89. The monoisotopic (exact) mass is 469 g/mol. The SMILES string of the molecule is COC(=O)c1ccc(CCn2c(CCC3CCc4ccccc43)c(Cl)cc(Cl)c2=O)cc1. The number of fused-ring (bicyclic) bond motifs is 1. The molecule has 3 aromatic rings. The van der Waals surface area contributed by atoms with Crippen LogP contribution in [0.25, 0.3) is 0 Å². The van der Waals surface area contributed by atoms with Crippen molar-refractivity contribution < 1.29 is 9.53 Å². The van der Waals surface area contributed by atoms with Gasteiger partial charge in [-0.15, -0.1) is 0 Å². The van der Waals surface area contributed by atoms with Crippen LogP contribution in [0.15, 0.2) is 59.4 Å². The third kappa shape index (κ3) is 4.77. The summed E-state index contributed by atoms with van der Waals surface area (Å²) in [5.41, 5.74) is 4.96. The van der Waals surface area contributed by atoms with Gasteiger partial charge in [-0.25, -0.2) is 4.79 Å². The van der Waals surface area contributed by atoms with E-state index in [1.54, 1.807) is 22.8 Å². The molecule has 166 valence electrons. The fourth-order valence-electron chi connectivity index (χ4n) is 4.55. The second kappa shape index (κ2) is 9.93. The van der Waals surface area contributed by atoms with Crippen LogP contribution in [0.5, 0.6) is 0 Å². The van der Waals surface area contributed by atoms with Gasteiger partial charge in [-0.2, -0.15) is 0 Å². The Morgan fingerprint density at radius 2 is 1.81 bits per heavy atom. The number of esters is 1. The first-order valence-corrected chi connectivity index (χ1v) is 11.6. The summed E-state index contributed by atoms with van der Waals surface area (Å²) in [6.45, 7) is 0.466. The Balaban J connectivity index is 1.52. The van der Waals surface area contributed by atoms with Crippen LogP contribution in [-0.2, 0) is 30.5 Å². The molecule has 6 heteroatoms. The number of halogens is 2. The predicted molar refractivity (Wildman–Crippen MR) is 128 cm³/mol. The van der Waals surface area contributed by atoms with Gasteiger partial charge in [0, 0.05) is 12.2 Å². The zero-order valence-electron chi connectivity index (χ0n) is 17.9. The van der Waals surface area contributed by atoms with Gasteiger partial charge in [0.05, 0.1) is 17.7 Å². The Labute approximate surface area is 197 Å². The van der Waals surface area contributed by atoms with Crippen molar-refractivity contribution in [1.29, 1.82) is 0 Å². The lowest BCUT2D eigenvalue weighted by molar-refractivity contribution is 0.0600. The molecule has 1 aliphatic rings. The van der Waals surface area contributed by atoms with Crippen molar-refractivity contribution >= 4 is 29.2 Å². The fraction of sp³-hybridized carbons (Fsp3) is 0.308. The van der Waals surface area contributed by atoms with Crippen LogP contribution in [-0.4, -0.2) is 17.6 Å². The molecular weight excluding hydrogens is 445 g/mol. The minimum absolute atomic E-state index is 0.131. The molecule has 1 heterocycles. The summed E-state index contributed by atoms with van der Waals surface area (Å²) in [4.78, 5) is 24.5. The van der Waals surface area contributed by atoms with Gasteiger partial charge in [0.15, 0.2) is 0 Å². The predicted octanol–water partition coefficient (Wildman–Crippen LogP) is 5.85. The van der Waals surface area contributed by atoms with E-state index in [2.05, 4.69) is 24.3 Å². The third-order valence-electron chi connectivity index (χ3n) is 6.29. The molecule has 4 rings (SSSR count). The van der Waals surface area contributed by atoms with Crippen LogP contribution in [0.2, 0.25) is 10.0 Å². The number of ether oxygens (including phenoxy) is 1. The van der Waals surface area contributed by atoms with Gasteiger partial charge in [-0.1, -0.05) is 59.6 Å². The Morgan fingerprint density at radius 3 is 2.56 bits per heavy atom. The minimum Gasteiger partial charge on any atom is -0.465 e. The van der Waals surface area contributed by atoms with Crippen LogP contribution in [0.3, 0.4) is 0 Å². The maximum absolute atomic E-state index is 12.9. The second-order valence-electron chi connectivity index (χ2n) is 8.16. The van der Waals surface area contributed by atoms with E-state index in [1.165, 1.54) is 18.2 Å². The molecule has 0 radical (unpaired) electrons. The molecular formula is C26H25Cl2NO3. The Hall–Kier alpha value is -2.56. The number of rotatable bonds is 7. The van der Waals surface area contributed by atoms with Gasteiger partial charge in [0.25, 0.3) is 5.56 Å². The maximum Gasteiger partial charge on any atom is 0.337 e. The molecule has 1 aromatic heterocycles. The molecule has 1 unspecified atom stereocenters. The van der Waals surface area contributed by atoms with Crippen LogP contribution >= 0.6 is 23.2 Å². The number of nitrogens with zero attached hydrogens (tertiary/aromatic N) is 1. The summed E-state index contributed by atoms with van der Waals surface area (Å²) in [5.74, 6) is 0.109. The number of hydrogen-bond donors (Lipinski definition) is 0. The molecule has 2 aromatic carbocycles. The van der Waals surface area contributed by atoms with E-state index in [0.29, 0.717) is 35.9 Å². The van der Waals surface area contributed by atoms with Gasteiger partial charge in [-0.3, -0.25) is 4.79 Å².